The second kappa shape index (κ2) is 9.40. The lowest BCUT2D eigenvalue weighted by Crippen LogP contribution is -2.23. The van der Waals surface area contributed by atoms with Gasteiger partial charge in [-0.2, -0.15) is 0 Å². The minimum absolute atomic E-state index is 0.128. The zero-order chi connectivity index (χ0) is 19.9. The average Bonchev–Trinajstić information content (AvgIpc) is 3.11. The van der Waals surface area contributed by atoms with E-state index in [0.29, 0.717) is 18.5 Å². The van der Waals surface area contributed by atoms with Gasteiger partial charge in [0.15, 0.2) is 0 Å². The summed E-state index contributed by atoms with van der Waals surface area (Å²) in [6, 6.07) is 15.4. The van der Waals surface area contributed by atoms with Crippen molar-refractivity contribution in [3.05, 3.63) is 59.7 Å². The Labute approximate surface area is 167 Å². The first-order chi connectivity index (χ1) is 13.6. The number of unbranched alkanes of at least 4 members (excludes halogenated alkanes) is 1. The molecule has 1 heterocycles. The number of nitrogens with one attached hydrogen (secondary N) is 1. The second-order valence-electron chi connectivity index (χ2n) is 7.40. The highest BCUT2D eigenvalue weighted by Gasteiger charge is 2.20. The molecule has 0 saturated carbocycles. The van der Waals surface area contributed by atoms with Crippen molar-refractivity contribution in [1.82, 2.24) is 4.90 Å². The van der Waals surface area contributed by atoms with Crippen LogP contribution in [0.4, 0.5) is 11.4 Å². The summed E-state index contributed by atoms with van der Waals surface area (Å²) in [5.74, 6) is 0.0793. The van der Waals surface area contributed by atoms with Gasteiger partial charge in [-0.15, -0.1) is 0 Å². The van der Waals surface area contributed by atoms with Gasteiger partial charge in [0.1, 0.15) is 0 Å². The number of nitrogens with zero attached hydrogens (tertiary/aromatic N) is 2. The normalized spacial score (nSPS) is 13.6. The summed E-state index contributed by atoms with van der Waals surface area (Å²) in [6.07, 6.45) is 3.88. The molecule has 0 aliphatic carbocycles. The molecule has 0 bridgehead atoms. The number of rotatable bonds is 8. The summed E-state index contributed by atoms with van der Waals surface area (Å²) in [5.41, 5.74) is 3.52. The Morgan fingerprint density at radius 2 is 1.96 bits per heavy atom. The van der Waals surface area contributed by atoms with Crippen molar-refractivity contribution >= 4 is 23.2 Å². The first-order valence-corrected chi connectivity index (χ1v) is 10.1. The Bertz CT molecular complexity index is 817. The van der Waals surface area contributed by atoms with Crippen LogP contribution in [0.3, 0.4) is 0 Å². The van der Waals surface area contributed by atoms with E-state index in [-0.39, 0.29) is 11.8 Å². The van der Waals surface area contributed by atoms with Crippen molar-refractivity contribution in [2.24, 2.45) is 0 Å². The van der Waals surface area contributed by atoms with Crippen LogP contribution < -0.4 is 10.2 Å². The summed E-state index contributed by atoms with van der Waals surface area (Å²) in [4.78, 5) is 28.5. The van der Waals surface area contributed by atoms with E-state index in [9.17, 15) is 9.59 Å². The predicted molar refractivity (Wildman–Crippen MR) is 114 cm³/mol. The number of carbonyl (C=O) groups is 2. The van der Waals surface area contributed by atoms with Gasteiger partial charge in [-0.3, -0.25) is 9.59 Å². The summed E-state index contributed by atoms with van der Waals surface area (Å²) in [7, 11) is 2.07. The van der Waals surface area contributed by atoms with Gasteiger partial charge in [-0.05, 0) is 54.8 Å². The number of likely N-dealkylation sites (tertiary alicyclic amines) is 1. The van der Waals surface area contributed by atoms with Gasteiger partial charge in [-0.25, -0.2) is 0 Å². The fourth-order valence-corrected chi connectivity index (χ4v) is 3.43. The minimum Gasteiger partial charge on any atom is -0.375 e. The van der Waals surface area contributed by atoms with Gasteiger partial charge in [0.25, 0.3) is 5.91 Å². The summed E-state index contributed by atoms with van der Waals surface area (Å²) >= 11 is 0. The van der Waals surface area contributed by atoms with Gasteiger partial charge in [0.05, 0.1) is 0 Å². The molecule has 0 atom stereocenters. The third-order valence-corrected chi connectivity index (χ3v) is 5.15. The predicted octanol–water partition coefficient (Wildman–Crippen LogP) is 4.30. The van der Waals surface area contributed by atoms with E-state index < -0.39 is 0 Å². The molecule has 1 aliphatic rings. The topological polar surface area (TPSA) is 52.7 Å². The molecule has 0 radical (unpaired) electrons. The highest BCUT2D eigenvalue weighted by Crippen LogP contribution is 2.19. The molecule has 5 heteroatoms. The first-order valence-electron chi connectivity index (χ1n) is 10.1. The molecule has 2 aromatic rings. The van der Waals surface area contributed by atoms with Crippen LogP contribution in [0.2, 0.25) is 0 Å². The Morgan fingerprint density at radius 3 is 2.64 bits per heavy atom. The molecule has 0 unspecified atom stereocenters. The van der Waals surface area contributed by atoms with E-state index in [1.165, 1.54) is 0 Å². The van der Waals surface area contributed by atoms with Crippen LogP contribution in [0.5, 0.6) is 0 Å². The summed E-state index contributed by atoms with van der Waals surface area (Å²) in [5, 5.41) is 2.96. The lowest BCUT2D eigenvalue weighted by Gasteiger charge is -2.19. The van der Waals surface area contributed by atoms with Crippen LogP contribution in [0.1, 0.15) is 48.5 Å². The quantitative estimate of drug-likeness (QED) is 0.744. The van der Waals surface area contributed by atoms with E-state index >= 15 is 0 Å². The third-order valence-electron chi connectivity index (χ3n) is 5.15. The molecule has 0 aromatic heterocycles. The first kappa shape index (κ1) is 19.9. The molecule has 148 valence electrons. The Kier molecular flexibility index (Phi) is 6.69. The van der Waals surface area contributed by atoms with E-state index in [1.54, 1.807) is 0 Å². The second-order valence-corrected chi connectivity index (χ2v) is 7.40. The number of amides is 2. The monoisotopic (exact) mass is 379 g/mol. The molecule has 2 amide bonds. The number of anilines is 2. The lowest BCUT2D eigenvalue weighted by molar-refractivity contribution is -0.128. The minimum atomic E-state index is -0.128. The van der Waals surface area contributed by atoms with Gasteiger partial charge in [0, 0.05) is 50.0 Å². The largest absolute Gasteiger partial charge is 0.375 e. The fraction of sp³-hybridized carbons (Fsp3) is 0.391. The summed E-state index contributed by atoms with van der Waals surface area (Å²) in [6.45, 7) is 4.60. The Balaban J connectivity index is 1.61. The van der Waals surface area contributed by atoms with Crippen LogP contribution in [0.25, 0.3) is 0 Å². The standard InChI is InChI=1S/C23H29N3O2/c1-3-4-14-25(2)21-12-10-19(11-13-21)23(28)24-20-8-5-7-18(16-20)17-26-15-6-9-22(26)27/h5,7-8,10-13,16H,3-4,6,9,14-15,17H2,1-2H3,(H,24,28). The van der Waals surface area contributed by atoms with Gasteiger partial charge in [0.2, 0.25) is 5.91 Å². The molecular weight excluding hydrogens is 350 g/mol. The van der Waals surface area contributed by atoms with Crippen molar-refractivity contribution in [3.63, 3.8) is 0 Å². The fourth-order valence-electron chi connectivity index (χ4n) is 3.43. The van der Waals surface area contributed by atoms with Crippen molar-refractivity contribution < 1.29 is 9.59 Å². The SMILES string of the molecule is CCCCN(C)c1ccc(C(=O)Nc2cccc(CN3CCCC3=O)c2)cc1. The van der Waals surface area contributed by atoms with E-state index in [2.05, 4.69) is 24.2 Å². The number of benzene rings is 2. The van der Waals surface area contributed by atoms with Gasteiger partial charge >= 0.3 is 0 Å². The zero-order valence-corrected chi connectivity index (χ0v) is 16.8. The highest BCUT2D eigenvalue weighted by atomic mass is 16.2. The molecular formula is C23H29N3O2. The van der Waals surface area contributed by atoms with Gasteiger partial charge in [-0.1, -0.05) is 25.5 Å². The number of carbonyl (C=O) groups excluding carboxylic acids is 2. The molecule has 0 spiro atoms. The van der Waals surface area contributed by atoms with Crippen LogP contribution in [0.15, 0.2) is 48.5 Å². The van der Waals surface area contributed by atoms with Gasteiger partial charge < -0.3 is 15.1 Å². The summed E-state index contributed by atoms with van der Waals surface area (Å²) < 4.78 is 0. The maximum Gasteiger partial charge on any atom is 0.255 e. The average molecular weight is 380 g/mol. The van der Waals surface area contributed by atoms with E-state index in [1.807, 2.05) is 53.4 Å². The number of hydrogen-bond acceptors (Lipinski definition) is 3. The van der Waals surface area contributed by atoms with Crippen LogP contribution in [-0.4, -0.2) is 36.9 Å². The highest BCUT2D eigenvalue weighted by molar-refractivity contribution is 6.04. The Hall–Kier alpha value is -2.82. The molecule has 28 heavy (non-hydrogen) atoms. The molecule has 3 rings (SSSR count). The molecule has 1 aliphatic heterocycles. The van der Waals surface area contributed by atoms with Crippen molar-refractivity contribution in [2.75, 3.05) is 30.4 Å². The van der Waals surface area contributed by atoms with E-state index in [0.717, 1.165) is 49.3 Å². The number of hydrogen-bond donors (Lipinski definition) is 1. The van der Waals surface area contributed by atoms with Crippen LogP contribution in [0, 0.1) is 0 Å². The van der Waals surface area contributed by atoms with Crippen molar-refractivity contribution in [3.8, 4) is 0 Å². The van der Waals surface area contributed by atoms with E-state index in [4.69, 9.17) is 0 Å². The molecule has 1 N–H and O–H groups in total. The molecule has 5 nitrogen and oxygen atoms in total. The lowest BCUT2D eigenvalue weighted by atomic mass is 10.1. The van der Waals surface area contributed by atoms with Crippen LogP contribution >= 0.6 is 0 Å². The zero-order valence-electron chi connectivity index (χ0n) is 16.8. The molecule has 1 saturated heterocycles. The smallest absolute Gasteiger partial charge is 0.255 e. The van der Waals surface area contributed by atoms with Crippen molar-refractivity contribution in [1.29, 1.82) is 0 Å². The maximum atomic E-state index is 12.6. The maximum absolute atomic E-state index is 12.6. The Morgan fingerprint density at radius 1 is 1.18 bits per heavy atom. The third kappa shape index (κ3) is 5.12. The molecule has 1 fully saturated rings. The molecule has 2 aromatic carbocycles. The van der Waals surface area contributed by atoms with Crippen LogP contribution in [-0.2, 0) is 11.3 Å². The van der Waals surface area contributed by atoms with Crippen molar-refractivity contribution in [2.45, 2.75) is 39.2 Å².